The van der Waals surface area contributed by atoms with Gasteiger partial charge in [-0.2, -0.15) is 0 Å². The lowest BCUT2D eigenvalue weighted by Gasteiger charge is -2.03. The fourth-order valence-corrected chi connectivity index (χ4v) is 1.50. The number of aromatic carboxylic acids is 1. The first-order chi connectivity index (χ1) is 7.15. The topological polar surface area (TPSA) is 94.0 Å². The number of pyridine rings is 1. The summed E-state index contributed by atoms with van der Waals surface area (Å²) in [6.07, 6.45) is 2.82. The van der Waals surface area contributed by atoms with E-state index in [2.05, 4.69) is 9.97 Å². The van der Waals surface area contributed by atoms with E-state index >= 15 is 0 Å². The van der Waals surface area contributed by atoms with Crippen LogP contribution in [0, 0.1) is 0 Å². The average molecular weight is 206 g/mol. The number of carboxylic acids is 1. The minimum atomic E-state index is -1.03. The van der Waals surface area contributed by atoms with Gasteiger partial charge in [0, 0.05) is 12.7 Å². The van der Waals surface area contributed by atoms with Crippen molar-refractivity contribution >= 4 is 22.8 Å². The Morgan fingerprint density at radius 3 is 2.93 bits per heavy atom. The van der Waals surface area contributed by atoms with Crippen LogP contribution in [0.2, 0.25) is 0 Å². The number of nitrogens with two attached hydrogens (primary N) is 1. The number of aromatic nitrogens is 3. The van der Waals surface area contributed by atoms with Crippen molar-refractivity contribution in [2.24, 2.45) is 0 Å². The van der Waals surface area contributed by atoms with Gasteiger partial charge in [0.25, 0.3) is 0 Å². The lowest BCUT2D eigenvalue weighted by atomic mass is 10.2. The fourth-order valence-electron chi connectivity index (χ4n) is 1.50. The van der Waals surface area contributed by atoms with Gasteiger partial charge in [0.15, 0.2) is 5.82 Å². The van der Waals surface area contributed by atoms with Crippen molar-refractivity contribution in [3.63, 3.8) is 0 Å². The van der Waals surface area contributed by atoms with Crippen LogP contribution in [0.5, 0.6) is 0 Å². The first kappa shape index (κ1) is 9.45. The molecule has 2 heterocycles. The maximum Gasteiger partial charge on any atom is 0.339 e. The molecule has 0 atom stereocenters. The molecule has 15 heavy (non-hydrogen) atoms. The number of anilines is 1. The van der Waals surface area contributed by atoms with Crippen molar-refractivity contribution in [1.82, 2.24) is 14.5 Å². The average Bonchev–Trinajstić information content (AvgIpc) is 2.62. The van der Waals surface area contributed by atoms with Crippen molar-refractivity contribution in [3.8, 4) is 0 Å². The Bertz CT molecular complexity index is 532. The lowest BCUT2D eigenvalue weighted by molar-refractivity contribution is 0.0698. The number of aryl methyl sites for hydroxylation is 1. The van der Waals surface area contributed by atoms with E-state index in [1.807, 2.05) is 6.92 Å². The third kappa shape index (κ3) is 1.30. The van der Waals surface area contributed by atoms with Gasteiger partial charge in [-0.05, 0) is 6.92 Å². The number of rotatable bonds is 2. The van der Waals surface area contributed by atoms with Crippen LogP contribution in [0.1, 0.15) is 17.3 Å². The molecule has 0 saturated carbocycles. The van der Waals surface area contributed by atoms with Gasteiger partial charge >= 0.3 is 5.97 Å². The summed E-state index contributed by atoms with van der Waals surface area (Å²) in [7, 11) is 0. The Balaban J connectivity index is 2.87. The highest BCUT2D eigenvalue weighted by atomic mass is 16.4. The zero-order valence-electron chi connectivity index (χ0n) is 8.14. The second-order valence-corrected chi connectivity index (χ2v) is 3.09. The van der Waals surface area contributed by atoms with E-state index < -0.39 is 5.97 Å². The predicted molar refractivity (Wildman–Crippen MR) is 54.6 cm³/mol. The smallest absolute Gasteiger partial charge is 0.339 e. The van der Waals surface area contributed by atoms with Gasteiger partial charge in [0.2, 0.25) is 0 Å². The summed E-state index contributed by atoms with van der Waals surface area (Å²) in [4.78, 5) is 18.8. The van der Waals surface area contributed by atoms with Crippen molar-refractivity contribution in [3.05, 3.63) is 18.1 Å². The van der Waals surface area contributed by atoms with Crippen LogP contribution in [0.3, 0.4) is 0 Å². The van der Waals surface area contributed by atoms with E-state index in [1.54, 1.807) is 10.9 Å². The van der Waals surface area contributed by atoms with Crippen LogP contribution < -0.4 is 5.73 Å². The molecule has 0 fully saturated rings. The van der Waals surface area contributed by atoms with Gasteiger partial charge < -0.3 is 15.4 Å². The van der Waals surface area contributed by atoms with Crippen LogP contribution in [0.25, 0.3) is 11.0 Å². The normalized spacial score (nSPS) is 10.7. The molecular weight excluding hydrogens is 196 g/mol. The molecule has 3 N–H and O–H groups in total. The molecule has 0 aromatic carbocycles. The number of hydrogen-bond acceptors (Lipinski definition) is 4. The quantitative estimate of drug-likeness (QED) is 0.755. The minimum absolute atomic E-state index is 0.124. The molecule has 0 spiro atoms. The van der Waals surface area contributed by atoms with E-state index in [1.165, 1.54) is 6.20 Å². The Hall–Kier alpha value is -2.11. The Kier molecular flexibility index (Phi) is 2.03. The van der Waals surface area contributed by atoms with Crippen LogP contribution in [-0.4, -0.2) is 25.6 Å². The molecule has 2 aromatic rings. The molecule has 0 saturated heterocycles. The molecule has 0 bridgehead atoms. The van der Waals surface area contributed by atoms with Crippen molar-refractivity contribution in [2.75, 3.05) is 5.73 Å². The number of imidazole rings is 1. The number of carbonyl (C=O) groups is 1. The Labute approximate surface area is 85.4 Å². The summed E-state index contributed by atoms with van der Waals surface area (Å²) in [6.45, 7) is 2.55. The predicted octanol–water partition coefficient (Wildman–Crippen LogP) is 0.732. The molecular formula is C9H10N4O2. The van der Waals surface area contributed by atoms with E-state index in [0.717, 1.165) is 0 Å². The molecule has 6 nitrogen and oxygen atoms in total. The van der Waals surface area contributed by atoms with E-state index in [4.69, 9.17) is 10.8 Å². The van der Waals surface area contributed by atoms with Crippen LogP contribution in [0.4, 0.5) is 5.82 Å². The minimum Gasteiger partial charge on any atom is -0.478 e. The monoisotopic (exact) mass is 206 g/mol. The molecule has 6 heteroatoms. The first-order valence-corrected chi connectivity index (χ1v) is 4.47. The second kappa shape index (κ2) is 3.23. The summed E-state index contributed by atoms with van der Waals surface area (Å²) in [5, 5.41) is 8.99. The van der Waals surface area contributed by atoms with Crippen LogP contribution in [0.15, 0.2) is 12.5 Å². The van der Waals surface area contributed by atoms with Crippen LogP contribution in [-0.2, 0) is 6.54 Å². The molecule has 0 amide bonds. The summed E-state index contributed by atoms with van der Waals surface area (Å²) >= 11 is 0. The highest BCUT2D eigenvalue weighted by Crippen LogP contribution is 2.21. The summed E-state index contributed by atoms with van der Waals surface area (Å²) < 4.78 is 1.73. The lowest BCUT2D eigenvalue weighted by Crippen LogP contribution is -2.04. The molecule has 0 aliphatic heterocycles. The number of hydrogen-bond donors (Lipinski definition) is 2. The number of nitrogen functional groups attached to an aromatic ring is 1. The van der Waals surface area contributed by atoms with Gasteiger partial charge in [-0.15, -0.1) is 0 Å². The molecule has 0 aliphatic rings. The summed E-state index contributed by atoms with van der Waals surface area (Å²) in [5.41, 5.74) is 6.70. The third-order valence-electron chi connectivity index (χ3n) is 2.24. The maximum absolute atomic E-state index is 11.0. The highest BCUT2D eigenvalue weighted by Gasteiger charge is 2.15. The number of nitrogens with zero attached hydrogens (tertiary/aromatic N) is 3. The van der Waals surface area contributed by atoms with E-state index in [0.29, 0.717) is 17.6 Å². The molecule has 0 radical (unpaired) electrons. The molecule has 0 unspecified atom stereocenters. The van der Waals surface area contributed by atoms with Gasteiger partial charge in [-0.3, -0.25) is 0 Å². The largest absolute Gasteiger partial charge is 0.478 e. The van der Waals surface area contributed by atoms with Crippen molar-refractivity contribution < 1.29 is 9.90 Å². The Morgan fingerprint density at radius 1 is 1.60 bits per heavy atom. The van der Waals surface area contributed by atoms with E-state index in [9.17, 15) is 4.79 Å². The highest BCUT2D eigenvalue weighted by molar-refractivity contribution is 6.03. The van der Waals surface area contributed by atoms with Crippen molar-refractivity contribution in [1.29, 1.82) is 0 Å². The number of fused-ring (bicyclic) bond motifs is 1. The third-order valence-corrected chi connectivity index (χ3v) is 2.24. The molecule has 2 rings (SSSR count). The second-order valence-electron chi connectivity index (χ2n) is 3.09. The molecule has 0 aliphatic carbocycles. The summed E-state index contributed by atoms with van der Waals surface area (Å²) in [5.74, 6) is -0.773. The zero-order chi connectivity index (χ0) is 11.0. The number of carboxylic acid groups (broad SMARTS) is 1. The van der Waals surface area contributed by atoms with E-state index in [-0.39, 0.29) is 11.4 Å². The standard InChI is InChI=1S/C9H10N4O2/c1-2-13-4-12-6-7(13)5(9(14)15)3-11-8(6)10/h3-4H,2H2,1H3,(H2,10,11)(H,14,15). The molecule has 78 valence electrons. The fraction of sp³-hybridized carbons (Fsp3) is 0.222. The SMILES string of the molecule is CCn1cnc2c(N)ncc(C(=O)O)c21. The van der Waals surface area contributed by atoms with Crippen LogP contribution >= 0.6 is 0 Å². The molecule has 2 aromatic heterocycles. The van der Waals surface area contributed by atoms with Gasteiger partial charge in [0.05, 0.1) is 11.8 Å². The van der Waals surface area contributed by atoms with Crippen molar-refractivity contribution in [2.45, 2.75) is 13.5 Å². The Morgan fingerprint density at radius 2 is 2.33 bits per heavy atom. The van der Waals surface area contributed by atoms with Gasteiger partial charge in [-0.25, -0.2) is 14.8 Å². The maximum atomic E-state index is 11.0. The summed E-state index contributed by atoms with van der Waals surface area (Å²) in [6, 6.07) is 0. The van der Waals surface area contributed by atoms with Gasteiger partial charge in [-0.1, -0.05) is 0 Å². The zero-order valence-corrected chi connectivity index (χ0v) is 8.14. The first-order valence-electron chi connectivity index (χ1n) is 4.47. The van der Waals surface area contributed by atoms with Gasteiger partial charge in [0.1, 0.15) is 11.1 Å².